The number of rotatable bonds is 12. The fourth-order valence-electron chi connectivity index (χ4n) is 6.34. The molecule has 1 unspecified atom stereocenters. The highest BCUT2D eigenvalue weighted by atomic mass is 16.6. The number of nitrogens with zero attached hydrogens (tertiary/aromatic N) is 1. The Balaban J connectivity index is 1.55. The van der Waals surface area contributed by atoms with Gasteiger partial charge in [-0.2, -0.15) is 0 Å². The van der Waals surface area contributed by atoms with Crippen LogP contribution >= 0.6 is 0 Å². The van der Waals surface area contributed by atoms with Gasteiger partial charge in [-0.05, 0) is 77.4 Å². The molecule has 12 nitrogen and oxygen atoms in total. The molecule has 0 heterocycles. The molecule has 0 spiro atoms. The fourth-order valence-corrected chi connectivity index (χ4v) is 6.34. The lowest BCUT2D eigenvalue weighted by atomic mass is 9.60. The second kappa shape index (κ2) is 14.8. The second-order valence-corrected chi connectivity index (χ2v) is 12.7. The number of carboxylic acid groups (broad SMARTS) is 1. The Kier molecular flexibility index (Phi) is 10.8. The Labute approximate surface area is 284 Å². The molecule has 0 aromatic heterocycles. The first-order chi connectivity index (χ1) is 23.1. The van der Waals surface area contributed by atoms with Crippen molar-refractivity contribution in [3.63, 3.8) is 0 Å². The smallest absolute Gasteiger partial charge is 0.405 e. The number of anilines is 3. The van der Waals surface area contributed by atoms with Gasteiger partial charge in [-0.15, -0.1) is 0 Å². The molecule has 0 bridgehead atoms. The van der Waals surface area contributed by atoms with Crippen LogP contribution in [0, 0.1) is 21.4 Å². The Morgan fingerprint density at radius 3 is 1.80 bits per heavy atom. The largest absolute Gasteiger partial charge is 0.465 e. The third kappa shape index (κ3) is 8.47. The van der Waals surface area contributed by atoms with Gasteiger partial charge in [0.05, 0.1) is 10.5 Å². The van der Waals surface area contributed by atoms with Crippen LogP contribution in [0.15, 0.2) is 97.1 Å². The van der Waals surface area contributed by atoms with Gasteiger partial charge >= 0.3 is 6.09 Å². The van der Waals surface area contributed by atoms with Crippen LogP contribution < -0.4 is 21.3 Å². The number of hydrogen-bond donors (Lipinski definition) is 5. The van der Waals surface area contributed by atoms with E-state index >= 15 is 0 Å². The van der Waals surface area contributed by atoms with Gasteiger partial charge in [0.1, 0.15) is 0 Å². The maximum absolute atomic E-state index is 13.0. The van der Waals surface area contributed by atoms with E-state index in [-0.39, 0.29) is 29.0 Å². The third-order valence-electron chi connectivity index (χ3n) is 8.46. The van der Waals surface area contributed by atoms with Crippen LogP contribution in [0.3, 0.4) is 0 Å². The minimum Gasteiger partial charge on any atom is -0.465 e. The van der Waals surface area contributed by atoms with Gasteiger partial charge in [-0.3, -0.25) is 24.5 Å². The molecule has 0 fully saturated rings. The summed E-state index contributed by atoms with van der Waals surface area (Å²) in [5, 5.41) is 32.3. The normalized spacial score (nSPS) is 12.4. The molecule has 0 radical (unpaired) electrons. The van der Waals surface area contributed by atoms with E-state index in [0.717, 1.165) is 5.56 Å². The molecule has 49 heavy (non-hydrogen) atoms. The van der Waals surface area contributed by atoms with E-state index in [9.17, 15) is 34.4 Å². The van der Waals surface area contributed by atoms with E-state index in [1.165, 1.54) is 31.2 Å². The summed E-state index contributed by atoms with van der Waals surface area (Å²) in [5.74, 6) is -1.31. The fraction of sp³-hybridized carbons (Fsp3) is 0.243. The van der Waals surface area contributed by atoms with Crippen LogP contribution in [0.1, 0.15) is 66.5 Å². The number of nitrogens with one attached hydrogen (secondary N) is 4. The van der Waals surface area contributed by atoms with Crippen LogP contribution in [0.2, 0.25) is 0 Å². The lowest BCUT2D eigenvalue weighted by Gasteiger charge is -2.50. The highest BCUT2D eigenvalue weighted by Gasteiger charge is 2.50. The molecule has 1 atom stereocenters. The van der Waals surface area contributed by atoms with E-state index < -0.39 is 27.9 Å². The van der Waals surface area contributed by atoms with Crippen molar-refractivity contribution in [2.45, 2.75) is 46.6 Å². The van der Waals surface area contributed by atoms with Gasteiger partial charge in [0.25, 0.3) is 17.5 Å². The predicted molar refractivity (Wildman–Crippen MR) is 188 cm³/mol. The van der Waals surface area contributed by atoms with Crippen LogP contribution in [-0.2, 0) is 16.8 Å². The summed E-state index contributed by atoms with van der Waals surface area (Å²) in [6.45, 7) is 9.25. The Hall–Kier alpha value is -6.04. The predicted octanol–water partition coefficient (Wildman–Crippen LogP) is 7.45. The highest BCUT2D eigenvalue weighted by Crippen LogP contribution is 2.47. The monoisotopic (exact) mass is 665 g/mol. The van der Waals surface area contributed by atoms with E-state index in [4.69, 9.17) is 0 Å². The van der Waals surface area contributed by atoms with E-state index in [0.29, 0.717) is 34.6 Å². The van der Waals surface area contributed by atoms with Crippen molar-refractivity contribution in [1.29, 1.82) is 0 Å². The lowest BCUT2D eigenvalue weighted by molar-refractivity contribution is -0.384. The summed E-state index contributed by atoms with van der Waals surface area (Å²) in [6.07, 6.45) is -0.731. The van der Waals surface area contributed by atoms with Crippen molar-refractivity contribution in [3.8, 4) is 0 Å². The maximum Gasteiger partial charge on any atom is 0.405 e. The minimum atomic E-state index is -1.18. The van der Waals surface area contributed by atoms with Crippen molar-refractivity contribution in [3.05, 3.63) is 129 Å². The number of non-ortho nitro benzene ring substituents is 1. The summed E-state index contributed by atoms with van der Waals surface area (Å²) in [6, 6.07) is 26.2. The number of nitro benzene ring substituents is 1. The van der Waals surface area contributed by atoms with Gasteiger partial charge in [0.2, 0.25) is 5.91 Å². The Bertz CT molecular complexity index is 1870. The van der Waals surface area contributed by atoms with E-state index in [2.05, 4.69) is 21.3 Å². The maximum atomic E-state index is 13.0. The molecule has 0 saturated heterocycles. The standard InChI is InChI=1S/C37H39N5O7/c1-23(2)37(41-35(46)47,28-14-18-30(19-15-28)40-33(44)26-8-6-10-31(20-26)38-24(3)43)36(4,5)22-25-12-16-29(17-13-25)39-34(45)27-9-7-11-32(21-27)42(48)49/h6-21,23,41H,22H2,1-5H3,(H,38,43)(H,39,45)(H,40,44)(H,46,47). The van der Waals surface area contributed by atoms with Gasteiger partial charge in [0.15, 0.2) is 0 Å². The van der Waals surface area contributed by atoms with Gasteiger partial charge in [-0.1, -0.05) is 64.1 Å². The van der Waals surface area contributed by atoms with Gasteiger partial charge in [-0.25, -0.2) is 4.79 Å². The van der Waals surface area contributed by atoms with Crippen LogP contribution in [-0.4, -0.2) is 33.8 Å². The molecular weight excluding hydrogens is 626 g/mol. The van der Waals surface area contributed by atoms with Gasteiger partial charge in [0, 0.05) is 47.2 Å². The van der Waals surface area contributed by atoms with E-state index in [1.807, 2.05) is 39.8 Å². The molecule has 0 aliphatic rings. The number of carbonyl (C=O) groups excluding carboxylic acids is 3. The Morgan fingerprint density at radius 2 is 1.29 bits per heavy atom. The summed E-state index contributed by atoms with van der Waals surface area (Å²) in [7, 11) is 0. The SMILES string of the molecule is CC(=O)Nc1cccc(C(=O)Nc2ccc(C(NC(=O)O)(C(C)C)C(C)(C)Cc3ccc(NC(=O)c4cccc([N+](=O)[O-])c4)cc3)cc2)c1. The van der Waals surface area contributed by atoms with E-state index in [1.54, 1.807) is 60.7 Å². The summed E-state index contributed by atoms with van der Waals surface area (Å²) in [4.78, 5) is 60.0. The molecule has 12 heteroatoms. The molecule has 0 aliphatic heterocycles. The number of benzene rings is 4. The van der Waals surface area contributed by atoms with Crippen molar-refractivity contribution < 1.29 is 29.2 Å². The second-order valence-electron chi connectivity index (χ2n) is 12.7. The molecule has 4 aromatic rings. The quantitative estimate of drug-likeness (QED) is 0.0770. The summed E-state index contributed by atoms with van der Waals surface area (Å²) >= 11 is 0. The first-order valence-electron chi connectivity index (χ1n) is 15.6. The van der Waals surface area contributed by atoms with Crippen molar-refractivity contribution in [2.75, 3.05) is 16.0 Å². The van der Waals surface area contributed by atoms with Crippen LogP contribution in [0.4, 0.5) is 27.5 Å². The zero-order valence-corrected chi connectivity index (χ0v) is 27.9. The minimum absolute atomic E-state index is 0.155. The molecule has 5 N–H and O–H groups in total. The number of amides is 4. The first-order valence-corrected chi connectivity index (χ1v) is 15.6. The number of nitro groups is 1. The third-order valence-corrected chi connectivity index (χ3v) is 8.46. The lowest BCUT2D eigenvalue weighted by Crippen LogP contribution is -2.59. The summed E-state index contributed by atoms with van der Waals surface area (Å²) < 4.78 is 0. The summed E-state index contributed by atoms with van der Waals surface area (Å²) in [5.41, 5.74) is 1.67. The Morgan fingerprint density at radius 1 is 0.755 bits per heavy atom. The average molecular weight is 666 g/mol. The zero-order valence-electron chi connectivity index (χ0n) is 27.9. The highest BCUT2D eigenvalue weighted by molar-refractivity contribution is 6.05. The molecule has 4 aromatic carbocycles. The van der Waals surface area contributed by atoms with Crippen LogP contribution in [0.5, 0.6) is 0 Å². The van der Waals surface area contributed by atoms with Gasteiger partial charge < -0.3 is 26.4 Å². The molecule has 254 valence electrons. The first kappa shape index (κ1) is 35.8. The molecule has 0 aliphatic carbocycles. The van der Waals surface area contributed by atoms with Crippen molar-refractivity contribution in [2.24, 2.45) is 11.3 Å². The number of hydrogen-bond acceptors (Lipinski definition) is 6. The zero-order chi connectivity index (χ0) is 35.9. The molecule has 4 rings (SSSR count). The topological polar surface area (TPSA) is 180 Å². The van der Waals surface area contributed by atoms with Crippen molar-refractivity contribution >= 4 is 46.6 Å². The molecule has 0 saturated carbocycles. The van der Waals surface area contributed by atoms with Crippen molar-refractivity contribution in [1.82, 2.24) is 5.32 Å². The molecule has 4 amide bonds. The number of carbonyl (C=O) groups is 4. The van der Waals surface area contributed by atoms with Crippen LogP contribution in [0.25, 0.3) is 0 Å². The average Bonchev–Trinajstić information content (AvgIpc) is 3.04. The molecular formula is C37H39N5O7.